The zero-order valence-corrected chi connectivity index (χ0v) is 19.0. The van der Waals surface area contributed by atoms with E-state index in [-0.39, 0.29) is 17.1 Å². The monoisotopic (exact) mass is 467 g/mol. The molecular formula is C25H21N7O3. The Morgan fingerprint density at radius 1 is 0.971 bits per heavy atom. The normalized spacial score (nSPS) is 14.1. The van der Waals surface area contributed by atoms with Crippen LogP contribution in [0, 0.1) is 6.92 Å². The van der Waals surface area contributed by atoms with Crippen LogP contribution in [0.25, 0.3) is 27.8 Å². The van der Waals surface area contributed by atoms with Crippen LogP contribution in [-0.4, -0.2) is 61.9 Å². The highest BCUT2D eigenvalue weighted by atomic mass is 16.3. The number of piperazine rings is 1. The van der Waals surface area contributed by atoms with Crippen LogP contribution in [0.1, 0.15) is 16.1 Å². The third-order valence-corrected chi connectivity index (χ3v) is 6.21. The minimum atomic E-state index is -0.300. The number of fused-ring (bicyclic) bond motifs is 2. The van der Waals surface area contributed by atoms with E-state index in [0.717, 1.165) is 11.3 Å². The minimum Gasteiger partial charge on any atom is -0.451 e. The van der Waals surface area contributed by atoms with Gasteiger partial charge in [0.2, 0.25) is 0 Å². The van der Waals surface area contributed by atoms with Crippen molar-refractivity contribution < 1.29 is 9.21 Å². The van der Waals surface area contributed by atoms with Crippen LogP contribution in [0.15, 0.2) is 70.1 Å². The zero-order valence-electron chi connectivity index (χ0n) is 19.0. The van der Waals surface area contributed by atoms with Gasteiger partial charge < -0.3 is 14.2 Å². The molecule has 0 atom stereocenters. The molecule has 174 valence electrons. The van der Waals surface area contributed by atoms with Crippen molar-refractivity contribution in [3.63, 3.8) is 0 Å². The Bertz CT molecular complexity index is 1620. The lowest BCUT2D eigenvalue weighted by Gasteiger charge is -2.35. The molecule has 0 radical (unpaired) electrons. The highest BCUT2D eigenvalue weighted by Crippen LogP contribution is 2.24. The number of para-hydroxylation sites is 1. The second-order valence-corrected chi connectivity index (χ2v) is 8.46. The van der Waals surface area contributed by atoms with Crippen molar-refractivity contribution in [3.05, 3.63) is 82.5 Å². The number of amides is 1. The van der Waals surface area contributed by atoms with Gasteiger partial charge in [0.05, 0.1) is 11.1 Å². The van der Waals surface area contributed by atoms with Crippen LogP contribution in [0.2, 0.25) is 0 Å². The molecule has 1 aliphatic rings. The lowest BCUT2D eigenvalue weighted by Crippen LogP contribution is -2.49. The topological polar surface area (TPSA) is 110 Å². The molecule has 4 heterocycles. The quantitative estimate of drug-likeness (QED) is 0.398. The summed E-state index contributed by atoms with van der Waals surface area (Å²) in [6.45, 7) is 4.03. The molecule has 2 aromatic carbocycles. The summed E-state index contributed by atoms with van der Waals surface area (Å²) >= 11 is 0. The Morgan fingerprint density at radius 2 is 1.74 bits per heavy atom. The van der Waals surface area contributed by atoms with Crippen LogP contribution in [-0.2, 0) is 0 Å². The Labute approximate surface area is 199 Å². The van der Waals surface area contributed by atoms with Crippen LogP contribution < -0.4 is 10.3 Å². The molecule has 0 N–H and O–H groups in total. The summed E-state index contributed by atoms with van der Waals surface area (Å²) in [5.74, 6) is 0.427. The molecule has 10 nitrogen and oxygen atoms in total. The van der Waals surface area contributed by atoms with Crippen molar-refractivity contribution in [2.75, 3.05) is 31.1 Å². The Morgan fingerprint density at radius 3 is 2.54 bits per heavy atom. The van der Waals surface area contributed by atoms with Gasteiger partial charge in [0.15, 0.2) is 28.2 Å². The molecule has 3 aromatic heterocycles. The fraction of sp³-hybridized carbons (Fsp3) is 0.200. The van der Waals surface area contributed by atoms with E-state index in [1.54, 1.807) is 33.8 Å². The second-order valence-electron chi connectivity index (χ2n) is 8.46. The number of hydrogen-bond donors (Lipinski definition) is 0. The zero-order chi connectivity index (χ0) is 23.9. The predicted octanol–water partition coefficient (Wildman–Crippen LogP) is 2.59. The highest BCUT2D eigenvalue weighted by molar-refractivity contribution is 5.93. The number of benzene rings is 2. The Hall–Kier alpha value is -4.60. The van der Waals surface area contributed by atoms with Crippen molar-refractivity contribution in [1.29, 1.82) is 0 Å². The average molecular weight is 467 g/mol. The van der Waals surface area contributed by atoms with E-state index in [9.17, 15) is 9.59 Å². The van der Waals surface area contributed by atoms with E-state index >= 15 is 0 Å². The molecule has 0 bridgehead atoms. The third-order valence-electron chi connectivity index (χ3n) is 6.21. The third kappa shape index (κ3) is 3.68. The number of nitrogens with zero attached hydrogens (tertiary/aromatic N) is 7. The lowest BCUT2D eigenvalue weighted by molar-refractivity contribution is 0.0715. The summed E-state index contributed by atoms with van der Waals surface area (Å²) in [4.78, 5) is 38.1. The van der Waals surface area contributed by atoms with Crippen molar-refractivity contribution >= 4 is 33.9 Å². The van der Waals surface area contributed by atoms with Gasteiger partial charge in [0.1, 0.15) is 11.9 Å². The number of rotatable bonds is 3. The summed E-state index contributed by atoms with van der Waals surface area (Å²) in [7, 11) is 0. The fourth-order valence-corrected chi connectivity index (χ4v) is 4.31. The molecule has 10 heteroatoms. The maximum Gasteiger partial charge on any atom is 0.289 e. The summed E-state index contributed by atoms with van der Waals surface area (Å²) in [5, 5.41) is 9.11. The molecule has 35 heavy (non-hydrogen) atoms. The minimum absolute atomic E-state index is 0.0487. The van der Waals surface area contributed by atoms with Gasteiger partial charge in [-0.2, -0.15) is 4.68 Å². The lowest BCUT2D eigenvalue weighted by atomic mass is 10.2. The first-order valence-corrected chi connectivity index (χ1v) is 11.3. The van der Waals surface area contributed by atoms with Gasteiger partial charge in [-0.3, -0.25) is 9.59 Å². The number of hydrogen-bond acceptors (Lipinski definition) is 8. The molecule has 1 aliphatic heterocycles. The second kappa shape index (κ2) is 8.32. The van der Waals surface area contributed by atoms with Gasteiger partial charge in [-0.15, -0.1) is 5.10 Å². The van der Waals surface area contributed by atoms with Gasteiger partial charge in [0, 0.05) is 32.2 Å². The van der Waals surface area contributed by atoms with Crippen molar-refractivity contribution in [1.82, 2.24) is 29.9 Å². The molecule has 1 amide bonds. The number of anilines is 1. The van der Waals surface area contributed by atoms with E-state index in [1.807, 2.05) is 31.2 Å². The van der Waals surface area contributed by atoms with Crippen LogP contribution in [0.5, 0.6) is 0 Å². The Kier molecular flexibility index (Phi) is 4.98. The fourth-order valence-electron chi connectivity index (χ4n) is 4.31. The van der Waals surface area contributed by atoms with Gasteiger partial charge in [0.25, 0.3) is 5.91 Å². The van der Waals surface area contributed by atoms with E-state index in [0.29, 0.717) is 54.1 Å². The number of carbonyl (C=O) groups is 1. The predicted molar refractivity (Wildman–Crippen MR) is 130 cm³/mol. The van der Waals surface area contributed by atoms with Crippen molar-refractivity contribution in [2.24, 2.45) is 0 Å². The molecule has 0 spiro atoms. The van der Waals surface area contributed by atoms with E-state index in [2.05, 4.69) is 25.2 Å². The highest BCUT2D eigenvalue weighted by Gasteiger charge is 2.27. The summed E-state index contributed by atoms with van der Waals surface area (Å²) in [5.41, 5.74) is 3.43. The standard InChI is InChI=1S/C25H21N7O3/c1-16-6-8-17(9-7-16)32-24-22(28-29-32)23(26-15-27-24)30-10-12-31(13-11-30)25(34)21-14-19(33)18-4-2-3-5-20(18)35-21/h2-9,14-15H,10-13H2,1H3. The molecule has 0 saturated carbocycles. The molecule has 5 aromatic rings. The largest absolute Gasteiger partial charge is 0.451 e. The first-order valence-electron chi connectivity index (χ1n) is 11.3. The van der Waals surface area contributed by atoms with Crippen LogP contribution in [0.4, 0.5) is 5.82 Å². The molecular weight excluding hydrogens is 446 g/mol. The van der Waals surface area contributed by atoms with Gasteiger partial charge >= 0.3 is 0 Å². The maximum atomic E-state index is 13.1. The van der Waals surface area contributed by atoms with Gasteiger partial charge in [-0.25, -0.2) is 9.97 Å². The maximum absolute atomic E-state index is 13.1. The van der Waals surface area contributed by atoms with E-state index < -0.39 is 0 Å². The van der Waals surface area contributed by atoms with E-state index in [1.165, 1.54) is 12.4 Å². The average Bonchev–Trinajstić information content (AvgIpc) is 3.33. The summed E-state index contributed by atoms with van der Waals surface area (Å²) < 4.78 is 7.43. The van der Waals surface area contributed by atoms with Crippen LogP contribution >= 0.6 is 0 Å². The Balaban J connectivity index is 1.23. The molecule has 6 rings (SSSR count). The summed E-state index contributed by atoms with van der Waals surface area (Å²) in [6, 6.07) is 16.2. The summed E-state index contributed by atoms with van der Waals surface area (Å²) in [6.07, 6.45) is 1.51. The molecule has 1 saturated heterocycles. The van der Waals surface area contributed by atoms with Crippen molar-refractivity contribution in [2.45, 2.75) is 6.92 Å². The van der Waals surface area contributed by atoms with Gasteiger partial charge in [-0.05, 0) is 31.2 Å². The van der Waals surface area contributed by atoms with Crippen LogP contribution in [0.3, 0.4) is 0 Å². The smallest absolute Gasteiger partial charge is 0.289 e. The number of aryl methyl sites for hydroxylation is 1. The molecule has 0 aliphatic carbocycles. The first kappa shape index (κ1) is 21.0. The number of aromatic nitrogens is 5. The van der Waals surface area contributed by atoms with E-state index in [4.69, 9.17) is 4.42 Å². The molecule has 1 fully saturated rings. The molecule has 0 unspecified atom stereocenters. The van der Waals surface area contributed by atoms with Gasteiger partial charge in [-0.1, -0.05) is 35.0 Å². The van der Waals surface area contributed by atoms with Crippen molar-refractivity contribution in [3.8, 4) is 5.69 Å². The number of carbonyl (C=O) groups excluding carboxylic acids is 1. The SMILES string of the molecule is Cc1ccc(-n2nnc3c(N4CCN(C(=O)c5cc(=O)c6ccccc6o5)CC4)ncnc32)cc1. The first-order chi connectivity index (χ1) is 17.1.